The maximum atomic E-state index is 12.8. The fourth-order valence-corrected chi connectivity index (χ4v) is 3.22. The van der Waals surface area contributed by atoms with Crippen molar-refractivity contribution in [3.05, 3.63) is 66.1 Å². The van der Waals surface area contributed by atoms with E-state index in [0.717, 1.165) is 11.1 Å². The Morgan fingerprint density at radius 2 is 1.85 bits per heavy atom. The Labute approximate surface area is 190 Å². The number of nitrogens with two attached hydrogens (primary N) is 2. The Hall–Kier alpha value is -4.16. The number of nitrogens with zero attached hydrogens (tertiary/aromatic N) is 5. The van der Waals surface area contributed by atoms with E-state index in [1.807, 2.05) is 6.07 Å². The zero-order valence-electron chi connectivity index (χ0n) is 18.2. The van der Waals surface area contributed by atoms with Crippen LogP contribution in [-0.2, 0) is 5.41 Å². The van der Waals surface area contributed by atoms with Gasteiger partial charge in [-0.2, -0.15) is 5.26 Å². The molecule has 33 heavy (non-hydrogen) atoms. The van der Waals surface area contributed by atoms with Crippen LogP contribution in [0.2, 0.25) is 0 Å². The van der Waals surface area contributed by atoms with Gasteiger partial charge in [-0.05, 0) is 31.5 Å². The third-order valence-corrected chi connectivity index (χ3v) is 5.32. The summed E-state index contributed by atoms with van der Waals surface area (Å²) >= 11 is 0. The summed E-state index contributed by atoms with van der Waals surface area (Å²) in [5.74, 6) is 0.547. The van der Waals surface area contributed by atoms with Crippen molar-refractivity contribution >= 4 is 5.82 Å². The first-order chi connectivity index (χ1) is 15.8. The zero-order chi connectivity index (χ0) is 23.6. The molecular weight excluding hydrogens is 421 g/mol. The second-order valence-corrected chi connectivity index (χ2v) is 8.11. The van der Waals surface area contributed by atoms with Gasteiger partial charge >= 0.3 is 0 Å². The van der Waals surface area contributed by atoms with Crippen molar-refractivity contribution in [3.63, 3.8) is 0 Å². The number of benzene rings is 1. The maximum Gasteiger partial charge on any atom is 0.189 e. The van der Waals surface area contributed by atoms with Crippen molar-refractivity contribution < 1.29 is 8.91 Å². The van der Waals surface area contributed by atoms with Crippen LogP contribution in [0, 0.1) is 11.3 Å². The summed E-state index contributed by atoms with van der Waals surface area (Å²) in [6.45, 7) is 2.97. The van der Waals surface area contributed by atoms with Crippen molar-refractivity contribution in [1.29, 1.82) is 5.26 Å². The lowest BCUT2D eigenvalue weighted by atomic mass is 9.90. The number of aromatic nitrogens is 4. The van der Waals surface area contributed by atoms with Crippen molar-refractivity contribution in [2.24, 2.45) is 5.73 Å². The fourth-order valence-electron chi connectivity index (χ4n) is 3.22. The van der Waals surface area contributed by atoms with Gasteiger partial charge in [-0.1, -0.05) is 29.4 Å². The Bertz CT molecular complexity index is 1330. The molecule has 0 aliphatic carbocycles. The number of rotatable bonds is 6. The summed E-state index contributed by atoms with van der Waals surface area (Å²) in [6, 6.07) is 14.0. The SMILES string of the molecule is CC(C)(C#N)c1cc(-c2cnc(N)c(-c3cc(-c4ccc(C(N)CF)cc4)no3)n2)ccn1. The summed E-state index contributed by atoms with van der Waals surface area (Å²) in [4.78, 5) is 13.2. The van der Waals surface area contributed by atoms with E-state index in [0.29, 0.717) is 34.1 Å². The maximum absolute atomic E-state index is 12.8. The third-order valence-electron chi connectivity index (χ3n) is 5.32. The number of nitriles is 1. The van der Waals surface area contributed by atoms with Crippen LogP contribution in [-0.4, -0.2) is 26.8 Å². The van der Waals surface area contributed by atoms with Crippen LogP contribution in [0.3, 0.4) is 0 Å². The molecule has 8 nitrogen and oxygen atoms in total. The van der Waals surface area contributed by atoms with E-state index in [-0.39, 0.29) is 5.82 Å². The van der Waals surface area contributed by atoms with Crippen molar-refractivity contribution in [1.82, 2.24) is 20.1 Å². The van der Waals surface area contributed by atoms with Gasteiger partial charge in [0.1, 0.15) is 12.4 Å². The summed E-state index contributed by atoms with van der Waals surface area (Å²) < 4.78 is 18.3. The minimum absolute atomic E-state index is 0.192. The second-order valence-electron chi connectivity index (χ2n) is 8.11. The molecule has 166 valence electrons. The van der Waals surface area contributed by atoms with E-state index >= 15 is 0 Å². The van der Waals surface area contributed by atoms with Crippen molar-refractivity contribution in [2.75, 3.05) is 12.4 Å². The first-order valence-corrected chi connectivity index (χ1v) is 10.2. The number of pyridine rings is 1. The number of hydrogen-bond donors (Lipinski definition) is 2. The van der Waals surface area contributed by atoms with Crippen LogP contribution in [0.5, 0.6) is 0 Å². The number of halogens is 1. The molecule has 0 radical (unpaired) electrons. The first-order valence-electron chi connectivity index (χ1n) is 10.2. The van der Waals surface area contributed by atoms with Crippen LogP contribution in [0.25, 0.3) is 34.0 Å². The summed E-state index contributed by atoms with van der Waals surface area (Å²) in [6.07, 6.45) is 3.19. The molecular formula is C24H22FN7O. The molecule has 0 spiro atoms. The highest BCUT2D eigenvalue weighted by atomic mass is 19.1. The molecule has 4 aromatic rings. The predicted octanol–water partition coefficient (Wildman–Crippen LogP) is 4.21. The second kappa shape index (κ2) is 8.76. The molecule has 9 heteroatoms. The summed E-state index contributed by atoms with van der Waals surface area (Å²) in [7, 11) is 0. The summed E-state index contributed by atoms with van der Waals surface area (Å²) in [5, 5.41) is 13.5. The molecule has 0 aliphatic heterocycles. The molecule has 0 bridgehead atoms. The predicted molar refractivity (Wildman–Crippen MR) is 122 cm³/mol. The molecule has 0 aliphatic rings. The van der Waals surface area contributed by atoms with Gasteiger partial charge in [-0.3, -0.25) is 4.98 Å². The van der Waals surface area contributed by atoms with E-state index in [1.54, 1.807) is 62.6 Å². The molecule has 1 aromatic carbocycles. The fraction of sp³-hybridized carbons (Fsp3) is 0.208. The largest absolute Gasteiger partial charge is 0.382 e. The average molecular weight is 443 g/mol. The Morgan fingerprint density at radius 1 is 1.09 bits per heavy atom. The molecule has 1 atom stereocenters. The first kappa shape index (κ1) is 22.0. The van der Waals surface area contributed by atoms with Gasteiger partial charge < -0.3 is 16.0 Å². The van der Waals surface area contributed by atoms with Crippen molar-refractivity contribution in [3.8, 4) is 40.0 Å². The van der Waals surface area contributed by atoms with Crippen molar-refractivity contribution in [2.45, 2.75) is 25.3 Å². The van der Waals surface area contributed by atoms with Gasteiger partial charge in [0.25, 0.3) is 0 Å². The lowest BCUT2D eigenvalue weighted by Gasteiger charge is -2.15. The molecule has 3 aromatic heterocycles. The van der Waals surface area contributed by atoms with Gasteiger partial charge in [-0.15, -0.1) is 0 Å². The quantitative estimate of drug-likeness (QED) is 0.451. The van der Waals surface area contributed by atoms with Crippen LogP contribution < -0.4 is 11.5 Å². The van der Waals surface area contributed by atoms with Gasteiger partial charge in [-0.25, -0.2) is 14.4 Å². The lowest BCUT2D eigenvalue weighted by Crippen LogP contribution is -2.15. The van der Waals surface area contributed by atoms with Gasteiger partial charge in [0.2, 0.25) is 0 Å². The molecule has 4 rings (SSSR count). The highest BCUT2D eigenvalue weighted by Gasteiger charge is 2.22. The number of alkyl halides is 1. The number of nitrogen functional groups attached to an aromatic ring is 1. The standard InChI is InChI=1S/C24H22FN7O/c1-24(2,13-26)21-9-16(7-8-29-21)19-12-30-23(28)22(31-19)20-10-18(32-33-20)15-5-3-14(4-6-15)17(27)11-25/h3-10,12,17H,11,27H2,1-2H3,(H2,28,30). The summed E-state index contributed by atoms with van der Waals surface area (Å²) in [5.41, 5.74) is 15.4. The normalized spacial score (nSPS) is 12.3. The molecule has 3 heterocycles. The minimum atomic E-state index is -0.746. The molecule has 4 N–H and O–H groups in total. The van der Waals surface area contributed by atoms with E-state index < -0.39 is 18.1 Å². The highest BCUT2D eigenvalue weighted by molar-refractivity contribution is 5.73. The zero-order valence-corrected chi connectivity index (χ0v) is 18.2. The Kier molecular flexibility index (Phi) is 5.85. The third kappa shape index (κ3) is 4.42. The van der Waals surface area contributed by atoms with Crippen LogP contribution in [0.1, 0.15) is 31.1 Å². The van der Waals surface area contributed by atoms with Crippen LogP contribution in [0.15, 0.2) is 59.4 Å². The Balaban J connectivity index is 1.67. The Morgan fingerprint density at radius 3 is 2.55 bits per heavy atom. The van der Waals surface area contributed by atoms with E-state index in [2.05, 4.69) is 26.2 Å². The molecule has 0 fully saturated rings. The molecule has 0 saturated heterocycles. The molecule has 1 unspecified atom stereocenters. The van der Waals surface area contributed by atoms with E-state index in [9.17, 15) is 9.65 Å². The number of anilines is 1. The van der Waals surface area contributed by atoms with E-state index in [4.69, 9.17) is 16.0 Å². The van der Waals surface area contributed by atoms with E-state index in [1.165, 1.54) is 0 Å². The van der Waals surface area contributed by atoms with Gasteiger partial charge in [0.15, 0.2) is 17.3 Å². The molecule has 0 amide bonds. The van der Waals surface area contributed by atoms with Gasteiger partial charge in [0, 0.05) is 23.4 Å². The molecule has 0 saturated carbocycles. The topological polar surface area (TPSA) is 141 Å². The lowest BCUT2D eigenvalue weighted by molar-refractivity contribution is 0.433. The van der Waals surface area contributed by atoms with Crippen LogP contribution in [0.4, 0.5) is 10.2 Å². The van der Waals surface area contributed by atoms with Gasteiger partial charge in [0.05, 0.1) is 35.1 Å². The monoisotopic (exact) mass is 443 g/mol. The highest BCUT2D eigenvalue weighted by Crippen LogP contribution is 2.31. The number of hydrogen-bond acceptors (Lipinski definition) is 8. The smallest absolute Gasteiger partial charge is 0.189 e. The minimum Gasteiger partial charge on any atom is -0.382 e. The average Bonchev–Trinajstić information content (AvgIpc) is 3.34. The van der Waals surface area contributed by atoms with Crippen LogP contribution >= 0.6 is 0 Å².